The van der Waals surface area contributed by atoms with Crippen molar-refractivity contribution >= 4 is 21.6 Å². The van der Waals surface area contributed by atoms with E-state index in [1.165, 1.54) is 13.2 Å². The second kappa shape index (κ2) is 7.03. The maximum Gasteiger partial charge on any atom is 0.292 e. The second-order valence-electron chi connectivity index (χ2n) is 7.74. The van der Waals surface area contributed by atoms with E-state index in [-0.39, 0.29) is 22.5 Å². The monoisotopic (exact) mass is 420 g/mol. The van der Waals surface area contributed by atoms with E-state index in [9.17, 15) is 13.2 Å². The standard InChI is InChI=1S/C19H24N4O5S/c1-12(2)14-11-16(28-21-14)18(24)23-8-6-19(7-9-23)20-15-10-13(27-3)4-5-17(15)29(25,26)22-19/h4-5,10-12,20,22H,6-9H2,1-3H3. The molecule has 1 amide bonds. The highest BCUT2D eigenvalue weighted by atomic mass is 32.2. The molecular weight excluding hydrogens is 396 g/mol. The highest BCUT2D eigenvalue weighted by Crippen LogP contribution is 2.37. The van der Waals surface area contributed by atoms with E-state index in [2.05, 4.69) is 15.2 Å². The Balaban J connectivity index is 1.51. The largest absolute Gasteiger partial charge is 0.497 e. The van der Waals surface area contributed by atoms with Crippen LogP contribution in [0.1, 0.15) is 48.9 Å². The summed E-state index contributed by atoms with van der Waals surface area (Å²) in [6.45, 7) is 4.71. The number of nitrogens with zero attached hydrogens (tertiary/aromatic N) is 2. The first kappa shape index (κ1) is 19.7. The number of sulfonamides is 1. The van der Waals surface area contributed by atoms with Crippen LogP contribution in [0.5, 0.6) is 5.75 Å². The summed E-state index contributed by atoms with van der Waals surface area (Å²) in [6.07, 6.45) is 0.833. The van der Waals surface area contributed by atoms with Crippen LogP contribution in [-0.2, 0) is 10.0 Å². The van der Waals surface area contributed by atoms with Crippen LogP contribution in [0.3, 0.4) is 0 Å². The highest BCUT2D eigenvalue weighted by molar-refractivity contribution is 7.89. The van der Waals surface area contributed by atoms with E-state index in [1.54, 1.807) is 23.1 Å². The van der Waals surface area contributed by atoms with Gasteiger partial charge in [-0.3, -0.25) is 4.79 Å². The molecule has 2 aromatic rings. The minimum Gasteiger partial charge on any atom is -0.497 e. The molecule has 0 aliphatic carbocycles. The van der Waals surface area contributed by atoms with Crippen LogP contribution >= 0.6 is 0 Å². The van der Waals surface area contributed by atoms with Crippen LogP contribution in [0, 0.1) is 0 Å². The third-order valence-electron chi connectivity index (χ3n) is 5.41. The SMILES string of the molecule is COc1ccc2c(c1)NC1(CCN(C(=O)c3cc(C(C)C)no3)CC1)NS2(=O)=O. The predicted octanol–water partition coefficient (Wildman–Crippen LogP) is 2.14. The number of amides is 1. The first-order chi connectivity index (χ1) is 13.7. The van der Waals surface area contributed by atoms with E-state index in [4.69, 9.17) is 9.26 Å². The van der Waals surface area contributed by atoms with Crippen molar-refractivity contribution in [2.24, 2.45) is 0 Å². The zero-order valence-electron chi connectivity index (χ0n) is 16.6. The lowest BCUT2D eigenvalue weighted by atomic mass is 9.96. The quantitative estimate of drug-likeness (QED) is 0.782. The van der Waals surface area contributed by atoms with Gasteiger partial charge in [0.15, 0.2) is 0 Å². The zero-order chi connectivity index (χ0) is 20.8. The van der Waals surface area contributed by atoms with Gasteiger partial charge in [-0.1, -0.05) is 19.0 Å². The summed E-state index contributed by atoms with van der Waals surface area (Å²) in [4.78, 5) is 14.6. The summed E-state index contributed by atoms with van der Waals surface area (Å²) in [7, 11) is -2.14. The van der Waals surface area contributed by atoms with Crippen molar-refractivity contribution in [3.63, 3.8) is 0 Å². The second-order valence-corrected chi connectivity index (χ2v) is 9.39. The van der Waals surface area contributed by atoms with Gasteiger partial charge >= 0.3 is 0 Å². The van der Waals surface area contributed by atoms with Gasteiger partial charge in [0, 0.05) is 38.1 Å². The molecule has 2 N–H and O–H groups in total. The van der Waals surface area contributed by atoms with Crippen LogP contribution in [0.4, 0.5) is 5.69 Å². The number of methoxy groups -OCH3 is 1. The molecule has 3 heterocycles. The minimum atomic E-state index is -3.67. The number of hydrogen-bond acceptors (Lipinski definition) is 7. The van der Waals surface area contributed by atoms with Gasteiger partial charge in [-0.2, -0.15) is 4.72 Å². The number of carbonyl (C=O) groups is 1. The Morgan fingerprint density at radius 1 is 1.28 bits per heavy atom. The smallest absolute Gasteiger partial charge is 0.292 e. The summed E-state index contributed by atoms with van der Waals surface area (Å²) in [5, 5.41) is 7.25. The van der Waals surface area contributed by atoms with Crippen LogP contribution in [0.25, 0.3) is 0 Å². The summed E-state index contributed by atoms with van der Waals surface area (Å²) in [5.74, 6) is 0.710. The number of likely N-dealkylation sites (tertiary alicyclic amines) is 1. The molecule has 0 radical (unpaired) electrons. The normalized spacial score (nSPS) is 19.7. The maximum absolute atomic E-state index is 12.8. The lowest BCUT2D eigenvalue weighted by Crippen LogP contribution is -2.62. The molecule has 10 heteroatoms. The Labute approximate surface area is 169 Å². The maximum atomic E-state index is 12.8. The number of aromatic nitrogens is 1. The Morgan fingerprint density at radius 2 is 2.00 bits per heavy atom. The molecule has 2 aliphatic heterocycles. The number of anilines is 1. The molecular formula is C19H24N4O5S. The average Bonchev–Trinajstić information content (AvgIpc) is 3.17. The molecule has 4 rings (SSSR count). The summed E-state index contributed by atoms with van der Waals surface area (Å²) >= 11 is 0. The third kappa shape index (κ3) is 3.58. The third-order valence-corrected chi connectivity index (χ3v) is 7.01. The fourth-order valence-electron chi connectivity index (χ4n) is 3.70. The highest BCUT2D eigenvalue weighted by Gasteiger charge is 2.44. The van der Waals surface area contributed by atoms with Crippen molar-refractivity contribution < 1.29 is 22.5 Å². The molecule has 0 atom stereocenters. The van der Waals surface area contributed by atoms with Gasteiger partial charge in [0.25, 0.3) is 5.91 Å². The summed E-state index contributed by atoms with van der Waals surface area (Å²) < 4.78 is 38.7. The van der Waals surface area contributed by atoms with Crippen molar-refractivity contribution in [3.8, 4) is 5.75 Å². The Bertz CT molecular complexity index is 1040. The van der Waals surface area contributed by atoms with Crippen LogP contribution in [-0.4, -0.2) is 50.2 Å². The molecule has 1 aromatic carbocycles. The van der Waals surface area contributed by atoms with E-state index in [0.717, 1.165) is 5.69 Å². The fraction of sp³-hybridized carbons (Fsp3) is 0.474. The van der Waals surface area contributed by atoms with Gasteiger partial charge < -0.3 is 19.5 Å². The molecule has 9 nitrogen and oxygen atoms in total. The molecule has 29 heavy (non-hydrogen) atoms. The molecule has 1 saturated heterocycles. The van der Waals surface area contributed by atoms with Gasteiger partial charge in [0.05, 0.1) is 18.5 Å². The summed E-state index contributed by atoms with van der Waals surface area (Å²) in [5.41, 5.74) is 0.383. The van der Waals surface area contributed by atoms with Crippen molar-refractivity contribution in [1.29, 1.82) is 0 Å². The van der Waals surface area contributed by atoms with Gasteiger partial charge in [0.1, 0.15) is 16.3 Å². The van der Waals surface area contributed by atoms with Crippen molar-refractivity contribution in [2.75, 3.05) is 25.5 Å². The van der Waals surface area contributed by atoms with Gasteiger partial charge in [-0.25, -0.2) is 8.42 Å². The zero-order valence-corrected chi connectivity index (χ0v) is 17.4. The number of benzene rings is 1. The van der Waals surface area contributed by atoms with E-state index in [1.807, 2.05) is 13.8 Å². The molecule has 1 fully saturated rings. The lowest BCUT2D eigenvalue weighted by molar-refractivity contribution is 0.0634. The number of piperidine rings is 1. The molecule has 156 valence electrons. The van der Waals surface area contributed by atoms with Gasteiger partial charge in [-0.05, 0) is 18.1 Å². The Kier molecular flexibility index (Phi) is 4.78. The Hall–Kier alpha value is -2.59. The van der Waals surface area contributed by atoms with Crippen LogP contribution < -0.4 is 14.8 Å². The fourth-order valence-corrected chi connectivity index (χ4v) is 5.23. The van der Waals surface area contributed by atoms with E-state index < -0.39 is 15.7 Å². The number of fused-ring (bicyclic) bond motifs is 1. The Morgan fingerprint density at radius 3 is 2.62 bits per heavy atom. The number of rotatable bonds is 3. The predicted molar refractivity (Wildman–Crippen MR) is 105 cm³/mol. The molecule has 2 aliphatic rings. The molecule has 0 bridgehead atoms. The molecule has 1 aromatic heterocycles. The van der Waals surface area contributed by atoms with Crippen molar-refractivity contribution in [3.05, 3.63) is 35.7 Å². The number of carbonyl (C=O) groups excluding carboxylic acids is 1. The van der Waals surface area contributed by atoms with Crippen LogP contribution in [0.15, 0.2) is 33.7 Å². The molecule has 1 spiro atoms. The first-order valence-electron chi connectivity index (χ1n) is 9.49. The van der Waals surface area contributed by atoms with E-state index >= 15 is 0 Å². The van der Waals surface area contributed by atoms with Crippen molar-refractivity contribution in [1.82, 2.24) is 14.8 Å². The topological polar surface area (TPSA) is 114 Å². The average molecular weight is 420 g/mol. The number of nitrogens with one attached hydrogen (secondary N) is 2. The number of ether oxygens (including phenoxy) is 1. The van der Waals surface area contributed by atoms with E-state index in [0.29, 0.717) is 37.4 Å². The van der Waals surface area contributed by atoms with Crippen LogP contribution in [0.2, 0.25) is 0 Å². The first-order valence-corrected chi connectivity index (χ1v) is 11.0. The van der Waals surface area contributed by atoms with Gasteiger partial charge in [0.2, 0.25) is 15.8 Å². The minimum absolute atomic E-state index is 0.169. The molecule has 0 unspecified atom stereocenters. The summed E-state index contributed by atoms with van der Waals surface area (Å²) in [6, 6.07) is 6.48. The lowest BCUT2D eigenvalue weighted by Gasteiger charge is -2.45. The van der Waals surface area contributed by atoms with Gasteiger partial charge in [-0.15, -0.1) is 0 Å². The number of hydrogen-bond donors (Lipinski definition) is 2. The molecule has 0 saturated carbocycles. The van der Waals surface area contributed by atoms with Crippen molar-refractivity contribution in [2.45, 2.75) is 43.2 Å².